The van der Waals surface area contributed by atoms with Gasteiger partial charge in [0.25, 0.3) is 0 Å². The predicted octanol–water partition coefficient (Wildman–Crippen LogP) is 1.02. The molecule has 23 heavy (non-hydrogen) atoms. The highest BCUT2D eigenvalue weighted by Gasteiger charge is 2.23. The van der Waals surface area contributed by atoms with Gasteiger partial charge in [-0.3, -0.25) is 9.69 Å². The van der Waals surface area contributed by atoms with Gasteiger partial charge in [-0.2, -0.15) is 0 Å². The van der Waals surface area contributed by atoms with Crippen LogP contribution < -0.4 is 0 Å². The highest BCUT2D eigenvalue weighted by molar-refractivity contribution is 7.10. The van der Waals surface area contributed by atoms with Gasteiger partial charge in [0.15, 0.2) is 0 Å². The van der Waals surface area contributed by atoms with Crippen LogP contribution >= 0.6 is 11.3 Å². The minimum absolute atomic E-state index is 0.260. The van der Waals surface area contributed by atoms with Crippen molar-refractivity contribution < 1.29 is 9.90 Å². The Morgan fingerprint density at radius 3 is 2.74 bits per heavy atom. The van der Waals surface area contributed by atoms with Gasteiger partial charge in [0.1, 0.15) is 0 Å². The Bertz CT molecular complexity index is 524. The Morgan fingerprint density at radius 2 is 2.00 bits per heavy atom. The minimum atomic E-state index is -0.260. The molecule has 0 radical (unpaired) electrons. The Morgan fingerprint density at radius 1 is 1.26 bits per heavy atom. The van der Waals surface area contributed by atoms with Gasteiger partial charge in [-0.25, -0.2) is 0 Å². The number of piperazine rings is 1. The van der Waals surface area contributed by atoms with Crippen LogP contribution in [0.15, 0.2) is 11.4 Å². The summed E-state index contributed by atoms with van der Waals surface area (Å²) >= 11 is 1.81. The van der Waals surface area contributed by atoms with Crippen LogP contribution in [0.1, 0.15) is 23.8 Å². The number of nitrogens with zero attached hydrogens (tertiary/aromatic N) is 3. The minimum Gasteiger partial charge on any atom is -0.392 e. The van der Waals surface area contributed by atoms with Crippen molar-refractivity contribution >= 4 is 17.2 Å². The van der Waals surface area contributed by atoms with Crippen LogP contribution in [0.25, 0.3) is 0 Å². The normalized spacial score (nSPS) is 21.2. The van der Waals surface area contributed by atoms with Crippen LogP contribution in [-0.2, 0) is 17.8 Å². The molecule has 0 aromatic carbocycles. The Labute approximate surface area is 142 Å². The predicted molar refractivity (Wildman–Crippen MR) is 92.6 cm³/mol. The zero-order valence-electron chi connectivity index (χ0n) is 13.9. The van der Waals surface area contributed by atoms with Gasteiger partial charge in [0.2, 0.25) is 5.91 Å². The van der Waals surface area contributed by atoms with Crippen LogP contribution in [0.4, 0.5) is 0 Å². The molecule has 1 aromatic rings. The van der Waals surface area contributed by atoms with E-state index in [2.05, 4.69) is 21.2 Å². The Balaban J connectivity index is 1.39. The fourth-order valence-electron chi connectivity index (χ4n) is 3.44. The van der Waals surface area contributed by atoms with Crippen LogP contribution in [0.5, 0.6) is 0 Å². The van der Waals surface area contributed by atoms with Gasteiger partial charge in [-0.05, 0) is 30.4 Å². The van der Waals surface area contributed by atoms with E-state index in [4.69, 9.17) is 0 Å². The maximum atomic E-state index is 12.4. The van der Waals surface area contributed by atoms with E-state index in [-0.39, 0.29) is 12.0 Å². The number of hydrogen-bond donors (Lipinski definition) is 1. The van der Waals surface area contributed by atoms with Crippen molar-refractivity contribution in [2.24, 2.45) is 0 Å². The van der Waals surface area contributed by atoms with Gasteiger partial charge in [-0.15, -0.1) is 11.3 Å². The largest absolute Gasteiger partial charge is 0.392 e. The topological polar surface area (TPSA) is 47.0 Å². The molecule has 1 aromatic heterocycles. The molecule has 0 spiro atoms. The van der Waals surface area contributed by atoms with E-state index in [0.29, 0.717) is 6.42 Å². The summed E-state index contributed by atoms with van der Waals surface area (Å²) in [5, 5.41) is 11.6. The Hall–Kier alpha value is -0.950. The first-order chi connectivity index (χ1) is 11.1. The summed E-state index contributed by atoms with van der Waals surface area (Å²) in [7, 11) is 0. The summed E-state index contributed by atoms with van der Waals surface area (Å²) < 4.78 is 0. The molecule has 6 heteroatoms. The molecular formula is C17H27N3O2S. The second kappa shape index (κ2) is 7.75. The molecule has 1 amide bonds. The number of β-amino-alcohol motifs (C(OH)–C–C–N with tert-alkyl or cyclic N) is 1. The number of thiophene rings is 1. The number of carbonyl (C=O) groups is 1. The van der Waals surface area contributed by atoms with Crippen LogP contribution in [0, 0.1) is 0 Å². The van der Waals surface area contributed by atoms with E-state index < -0.39 is 0 Å². The monoisotopic (exact) mass is 337 g/mol. The summed E-state index contributed by atoms with van der Waals surface area (Å²) in [6, 6.07) is 2.15. The number of amides is 1. The Kier molecular flexibility index (Phi) is 5.69. The summed E-state index contributed by atoms with van der Waals surface area (Å²) in [6.45, 7) is 9.07. The van der Waals surface area contributed by atoms with E-state index in [1.807, 2.05) is 23.2 Å². The zero-order valence-corrected chi connectivity index (χ0v) is 14.7. The third-order valence-corrected chi connectivity index (χ3v) is 5.81. The number of aliphatic hydroxyl groups is 1. The molecule has 5 nitrogen and oxygen atoms in total. The molecular weight excluding hydrogens is 310 g/mol. The van der Waals surface area contributed by atoms with Crippen molar-refractivity contribution in [2.75, 3.05) is 45.8 Å². The maximum absolute atomic E-state index is 12.4. The van der Waals surface area contributed by atoms with Crippen molar-refractivity contribution in [3.05, 3.63) is 21.9 Å². The number of fused-ring (bicyclic) bond motifs is 1. The zero-order chi connectivity index (χ0) is 16.2. The number of hydrogen-bond acceptors (Lipinski definition) is 5. The number of carbonyl (C=O) groups excluding carboxylic acids is 1. The average Bonchev–Trinajstić information content (AvgIpc) is 3.01. The molecule has 1 saturated heterocycles. The second-order valence-corrected chi connectivity index (χ2v) is 7.68. The third kappa shape index (κ3) is 4.53. The van der Waals surface area contributed by atoms with Crippen molar-refractivity contribution in [3.63, 3.8) is 0 Å². The molecule has 0 bridgehead atoms. The molecule has 2 aliphatic rings. The summed E-state index contributed by atoms with van der Waals surface area (Å²) in [4.78, 5) is 20.6. The molecule has 0 aliphatic carbocycles. The van der Waals surface area contributed by atoms with E-state index in [0.717, 1.165) is 58.8 Å². The van der Waals surface area contributed by atoms with Gasteiger partial charge < -0.3 is 14.9 Å². The fourth-order valence-corrected chi connectivity index (χ4v) is 4.33. The molecule has 0 saturated carbocycles. The quantitative estimate of drug-likeness (QED) is 0.872. The van der Waals surface area contributed by atoms with Gasteiger partial charge in [0.05, 0.1) is 6.10 Å². The lowest BCUT2D eigenvalue weighted by molar-refractivity contribution is -0.132. The molecule has 3 heterocycles. The third-order valence-electron chi connectivity index (χ3n) is 4.79. The molecule has 3 rings (SSSR count). The van der Waals surface area contributed by atoms with Crippen LogP contribution in [0.3, 0.4) is 0 Å². The van der Waals surface area contributed by atoms with Crippen molar-refractivity contribution in [1.82, 2.24) is 14.7 Å². The summed E-state index contributed by atoms with van der Waals surface area (Å²) in [6.07, 6.45) is 1.37. The molecule has 128 valence electrons. The van der Waals surface area contributed by atoms with Gasteiger partial charge in [-0.1, -0.05) is 0 Å². The first-order valence-electron chi connectivity index (χ1n) is 8.57. The summed E-state index contributed by atoms with van der Waals surface area (Å²) in [5.41, 5.74) is 1.33. The number of aliphatic hydroxyl groups excluding tert-OH is 1. The smallest absolute Gasteiger partial charge is 0.224 e. The maximum Gasteiger partial charge on any atom is 0.224 e. The number of rotatable bonds is 5. The lowest BCUT2D eigenvalue weighted by Crippen LogP contribution is -2.49. The first kappa shape index (κ1) is 16.9. The highest BCUT2D eigenvalue weighted by Crippen LogP contribution is 2.24. The van der Waals surface area contributed by atoms with E-state index in [1.165, 1.54) is 10.4 Å². The van der Waals surface area contributed by atoms with Crippen molar-refractivity contribution in [3.8, 4) is 0 Å². The standard InChI is InChI=1S/C17H27N3O2S/c1-14(21)12-19-9-7-18(8-10-19)5-3-17(22)20-6-2-16-15(13-20)4-11-23-16/h4,11,14,21H,2-3,5-10,12-13H2,1H3. The fraction of sp³-hybridized carbons (Fsp3) is 0.706. The van der Waals surface area contributed by atoms with Gasteiger partial charge >= 0.3 is 0 Å². The van der Waals surface area contributed by atoms with Gasteiger partial charge in [0, 0.05) is 63.7 Å². The van der Waals surface area contributed by atoms with Crippen LogP contribution in [-0.4, -0.2) is 77.6 Å². The molecule has 1 N–H and O–H groups in total. The van der Waals surface area contributed by atoms with E-state index in [9.17, 15) is 9.90 Å². The molecule has 2 aliphatic heterocycles. The van der Waals surface area contributed by atoms with Crippen molar-refractivity contribution in [2.45, 2.75) is 32.4 Å². The lowest BCUT2D eigenvalue weighted by Gasteiger charge is -2.35. The molecule has 1 atom stereocenters. The van der Waals surface area contributed by atoms with Crippen molar-refractivity contribution in [1.29, 1.82) is 0 Å². The highest BCUT2D eigenvalue weighted by atomic mass is 32.1. The van der Waals surface area contributed by atoms with E-state index in [1.54, 1.807) is 0 Å². The SMILES string of the molecule is CC(O)CN1CCN(CCC(=O)N2CCc3sccc3C2)CC1. The second-order valence-electron chi connectivity index (χ2n) is 6.68. The molecule has 1 fully saturated rings. The first-order valence-corrected chi connectivity index (χ1v) is 9.45. The lowest BCUT2D eigenvalue weighted by atomic mass is 10.1. The van der Waals surface area contributed by atoms with Crippen LogP contribution in [0.2, 0.25) is 0 Å². The molecule has 1 unspecified atom stereocenters. The van der Waals surface area contributed by atoms with E-state index >= 15 is 0 Å². The average molecular weight is 337 g/mol. The summed E-state index contributed by atoms with van der Waals surface area (Å²) in [5.74, 6) is 0.285.